The summed E-state index contributed by atoms with van der Waals surface area (Å²) in [5, 5.41) is 8.65. The van der Waals surface area contributed by atoms with Crippen LogP contribution in [0.25, 0.3) is 0 Å². The summed E-state index contributed by atoms with van der Waals surface area (Å²) in [7, 11) is 0. The summed E-state index contributed by atoms with van der Waals surface area (Å²) in [6.07, 6.45) is 12.9. The molecule has 2 aliphatic heterocycles. The first kappa shape index (κ1) is 9.77. The van der Waals surface area contributed by atoms with E-state index in [9.17, 15) is 4.79 Å². The average molecular weight is 203 g/mol. The van der Waals surface area contributed by atoms with Crippen LogP contribution in [0.5, 0.6) is 0 Å². The monoisotopic (exact) mass is 203 g/mol. The van der Waals surface area contributed by atoms with Crippen molar-refractivity contribution in [3.05, 3.63) is 47.9 Å². The Hall–Kier alpha value is -1.77. The molecule has 0 unspecified atom stereocenters. The number of carboxylic acid groups (broad SMARTS) is 1. The van der Waals surface area contributed by atoms with Gasteiger partial charge >= 0.3 is 5.97 Å². The Morgan fingerprint density at radius 1 is 1.40 bits per heavy atom. The Labute approximate surface area is 88.7 Å². The highest BCUT2D eigenvalue weighted by Gasteiger charge is 2.14. The summed E-state index contributed by atoms with van der Waals surface area (Å²) in [4.78, 5) is 12.6. The lowest BCUT2D eigenvalue weighted by molar-refractivity contribution is -0.136. The van der Waals surface area contributed by atoms with Gasteiger partial charge in [-0.15, -0.1) is 0 Å². The quantitative estimate of drug-likeness (QED) is 0.763. The summed E-state index contributed by atoms with van der Waals surface area (Å²) in [5.41, 5.74) is 2.23. The molecule has 3 nitrogen and oxygen atoms in total. The smallest absolute Gasteiger partial charge is 0.303 e. The molecule has 0 aromatic rings. The van der Waals surface area contributed by atoms with E-state index in [0.29, 0.717) is 6.42 Å². The molecule has 0 aromatic carbocycles. The fourth-order valence-electron chi connectivity index (χ4n) is 1.77. The molecule has 78 valence electrons. The highest BCUT2D eigenvalue weighted by atomic mass is 16.4. The number of aliphatic carboxylic acids is 1. The zero-order valence-corrected chi connectivity index (χ0v) is 8.39. The summed E-state index contributed by atoms with van der Waals surface area (Å²) in [6.45, 7) is 0.868. The third-order valence-corrected chi connectivity index (χ3v) is 2.50. The van der Waals surface area contributed by atoms with Gasteiger partial charge in [0.2, 0.25) is 0 Å². The predicted molar refractivity (Wildman–Crippen MR) is 58.0 cm³/mol. The van der Waals surface area contributed by atoms with E-state index >= 15 is 0 Å². The molecule has 0 bridgehead atoms. The first-order valence-corrected chi connectivity index (χ1v) is 5.00. The van der Waals surface area contributed by atoms with Gasteiger partial charge < -0.3 is 10.0 Å². The molecule has 2 heterocycles. The molecule has 0 saturated heterocycles. The maximum atomic E-state index is 10.5. The maximum absolute atomic E-state index is 10.5. The van der Waals surface area contributed by atoms with Crippen LogP contribution in [0.2, 0.25) is 0 Å². The van der Waals surface area contributed by atoms with Crippen LogP contribution in [-0.4, -0.2) is 22.5 Å². The highest BCUT2D eigenvalue weighted by molar-refractivity contribution is 5.67. The highest BCUT2D eigenvalue weighted by Crippen LogP contribution is 2.24. The van der Waals surface area contributed by atoms with Crippen molar-refractivity contribution in [2.45, 2.75) is 12.8 Å². The second-order valence-electron chi connectivity index (χ2n) is 3.56. The summed E-state index contributed by atoms with van der Waals surface area (Å²) < 4.78 is 0. The van der Waals surface area contributed by atoms with Crippen LogP contribution in [0.15, 0.2) is 47.9 Å². The van der Waals surface area contributed by atoms with Gasteiger partial charge in [-0.1, -0.05) is 18.2 Å². The molecule has 3 heteroatoms. The van der Waals surface area contributed by atoms with Crippen molar-refractivity contribution >= 4 is 5.97 Å². The average Bonchev–Trinajstić information content (AvgIpc) is 2.26. The molecule has 0 radical (unpaired) electrons. The number of nitrogens with zero attached hydrogens (tertiary/aromatic N) is 1. The Morgan fingerprint density at radius 3 is 3.07 bits per heavy atom. The minimum Gasteiger partial charge on any atom is -0.481 e. The van der Waals surface area contributed by atoms with E-state index < -0.39 is 5.97 Å². The summed E-state index contributed by atoms with van der Waals surface area (Å²) in [6, 6.07) is 0. The molecule has 15 heavy (non-hydrogen) atoms. The molecule has 0 saturated carbocycles. The molecule has 1 N–H and O–H groups in total. The van der Waals surface area contributed by atoms with E-state index in [4.69, 9.17) is 5.11 Å². The van der Waals surface area contributed by atoms with Gasteiger partial charge in [-0.25, -0.2) is 0 Å². The number of allylic oxidation sites excluding steroid dienone is 5. The van der Waals surface area contributed by atoms with Crippen molar-refractivity contribution in [1.29, 1.82) is 0 Å². The SMILES string of the molecule is O=C(O)CCC1=C2C=CC=CN2CC=C1. The van der Waals surface area contributed by atoms with Crippen LogP contribution in [0.3, 0.4) is 0 Å². The molecule has 0 spiro atoms. The van der Waals surface area contributed by atoms with Crippen molar-refractivity contribution in [1.82, 2.24) is 4.90 Å². The standard InChI is InChI=1S/C12H13NO2/c14-12(15)7-6-10-4-3-9-13-8-2-1-5-11(10)13/h1-5,8H,6-7,9H2,(H,14,15). The second kappa shape index (κ2) is 4.17. The van der Waals surface area contributed by atoms with Gasteiger partial charge in [0, 0.05) is 24.9 Å². The van der Waals surface area contributed by atoms with Gasteiger partial charge in [-0.3, -0.25) is 4.79 Å². The fourth-order valence-corrected chi connectivity index (χ4v) is 1.77. The number of rotatable bonds is 3. The Bertz CT molecular complexity index is 388. The Morgan fingerprint density at radius 2 is 2.27 bits per heavy atom. The third kappa shape index (κ3) is 2.18. The lowest BCUT2D eigenvalue weighted by Gasteiger charge is -2.27. The van der Waals surface area contributed by atoms with Gasteiger partial charge in [0.05, 0.1) is 0 Å². The molecule has 0 fully saturated rings. The van der Waals surface area contributed by atoms with E-state index in [2.05, 4.69) is 11.0 Å². The molecular formula is C12H13NO2. The molecule has 2 aliphatic rings. The zero-order chi connectivity index (χ0) is 10.7. The first-order valence-electron chi connectivity index (χ1n) is 5.00. The molecule has 0 aromatic heterocycles. The molecule has 2 rings (SSSR count). The van der Waals surface area contributed by atoms with Crippen LogP contribution < -0.4 is 0 Å². The minimum absolute atomic E-state index is 0.189. The third-order valence-electron chi connectivity index (χ3n) is 2.50. The largest absolute Gasteiger partial charge is 0.481 e. The van der Waals surface area contributed by atoms with E-state index in [1.165, 1.54) is 0 Å². The van der Waals surface area contributed by atoms with Gasteiger partial charge in [0.1, 0.15) is 0 Å². The Kier molecular flexibility index (Phi) is 2.72. The predicted octanol–water partition coefficient (Wildman–Crippen LogP) is 2.06. The first-order chi connectivity index (χ1) is 7.27. The van der Waals surface area contributed by atoms with Gasteiger partial charge in [0.25, 0.3) is 0 Å². The van der Waals surface area contributed by atoms with Crippen LogP contribution in [-0.2, 0) is 4.79 Å². The molecule has 0 aliphatic carbocycles. The van der Waals surface area contributed by atoms with E-state index in [0.717, 1.165) is 17.8 Å². The van der Waals surface area contributed by atoms with Crippen molar-refractivity contribution in [3.8, 4) is 0 Å². The number of hydrogen-bond acceptors (Lipinski definition) is 2. The van der Waals surface area contributed by atoms with E-state index in [-0.39, 0.29) is 6.42 Å². The number of carboxylic acids is 1. The fraction of sp³-hybridized carbons (Fsp3) is 0.250. The van der Waals surface area contributed by atoms with E-state index in [1.807, 2.05) is 30.5 Å². The van der Waals surface area contributed by atoms with Crippen LogP contribution in [0.1, 0.15) is 12.8 Å². The van der Waals surface area contributed by atoms with Crippen LogP contribution in [0.4, 0.5) is 0 Å². The minimum atomic E-state index is -0.746. The number of hydrogen-bond donors (Lipinski definition) is 1. The second-order valence-corrected chi connectivity index (χ2v) is 3.56. The van der Waals surface area contributed by atoms with Crippen molar-refractivity contribution in [2.75, 3.05) is 6.54 Å². The van der Waals surface area contributed by atoms with Gasteiger partial charge in [-0.2, -0.15) is 0 Å². The topological polar surface area (TPSA) is 40.5 Å². The molecule has 0 atom stereocenters. The maximum Gasteiger partial charge on any atom is 0.303 e. The van der Waals surface area contributed by atoms with Crippen LogP contribution >= 0.6 is 0 Å². The van der Waals surface area contributed by atoms with Crippen LogP contribution in [0, 0.1) is 0 Å². The zero-order valence-electron chi connectivity index (χ0n) is 8.39. The van der Waals surface area contributed by atoms with Gasteiger partial charge in [-0.05, 0) is 24.1 Å². The summed E-state index contributed by atoms with van der Waals surface area (Å²) >= 11 is 0. The Balaban J connectivity index is 2.17. The normalized spacial score (nSPS) is 18.3. The van der Waals surface area contributed by atoms with Crippen molar-refractivity contribution < 1.29 is 9.90 Å². The summed E-state index contributed by atoms with van der Waals surface area (Å²) in [5.74, 6) is -0.746. The molecular weight excluding hydrogens is 190 g/mol. The van der Waals surface area contributed by atoms with Gasteiger partial charge in [0.15, 0.2) is 0 Å². The van der Waals surface area contributed by atoms with Crippen molar-refractivity contribution in [3.63, 3.8) is 0 Å². The lowest BCUT2D eigenvalue weighted by atomic mass is 10.0. The number of carbonyl (C=O) groups is 1. The number of fused-ring (bicyclic) bond motifs is 1. The lowest BCUT2D eigenvalue weighted by Crippen LogP contribution is -2.21. The molecule has 0 amide bonds. The van der Waals surface area contributed by atoms with Crippen molar-refractivity contribution in [2.24, 2.45) is 0 Å². The van der Waals surface area contributed by atoms with E-state index in [1.54, 1.807) is 0 Å².